The molecule has 0 aliphatic carbocycles. The Morgan fingerprint density at radius 3 is 2.20 bits per heavy atom. The van der Waals surface area contributed by atoms with Crippen LogP contribution in [0.1, 0.15) is 0 Å². The smallest absolute Gasteiger partial charge is 0.231 e. The highest BCUT2D eigenvalue weighted by atomic mass is 32.2. The van der Waals surface area contributed by atoms with Gasteiger partial charge in [-0.15, -0.1) is 0 Å². The van der Waals surface area contributed by atoms with Gasteiger partial charge in [0, 0.05) is 0 Å². The fourth-order valence-electron chi connectivity index (χ4n) is 0. The van der Waals surface area contributed by atoms with Crippen LogP contribution in [0.3, 0.4) is 0 Å². The lowest BCUT2D eigenvalue weighted by atomic mass is 11.6. The molecule has 0 amide bonds. The van der Waals surface area contributed by atoms with E-state index in [1.807, 2.05) is 0 Å². The molecule has 0 aliphatic rings. The van der Waals surface area contributed by atoms with E-state index in [-0.39, 0.29) is 0 Å². The molecule has 0 aromatic heterocycles. The second-order valence-electron chi connectivity index (χ2n) is 0.453. The van der Waals surface area contributed by atoms with Gasteiger partial charge in [-0.25, -0.2) is 8.93 Å². The van der Waals surface area contributed by atoms with Crippen LogP contribution in [0.5, 0.6) is 0 Å². The van der Waals surface area contributed by atoms with Crippen LogP contribution in [-0.4, -0.2) is 15.8 Å². The molecule has 1 atom stereocenters. The van der Waals surface area contributed by atoms with Crippen LogP contribution in [0, 0.1) is 0 Å². The lowest BCUT2D eigenvalue weighted by Gasteiger charge is -1.77. The molecule has 0 radical (unpaired) electrons. The second kappa shape index (κ2) is 2.32. The summed E-state index contributed by atoms with van der Waals surface area (Å²) in [6.45, 7) is 0. The van der Waals surface area contributed by atoms with Gasteiger partial charge in [0.25, 0.3) is 0 Å². The van der Waals surface area contributed by atoms with E-state index in [0.717, 1.165) is 0 Å². The normalized spacial score (nSPS) is 14.8. The molecule has 1 unspecified atom stereocenters. The van der Waals surface area contributed by atoms with Crippen molar-refractivity contribution < 1.29 is 8.76 Å². The average molecular weight is 95.1 g/mol. The third-order valence-electron chi connectivity index (χ3n) is 0.175. The largest absolute Gasteiger partial charge is 0.294 e. The quantitative estimate of drug-likeness (QED) is 0.425. The first-order valence-electron chi connectivity index (χ1n) is 1.05. The van der Waals surface area contributed by atoms with Gasteiger partial charge < -0.3 is 0 Å². The van der Waals surface area contributed by atoms with Crippen molar-refractivity contribution in [1.29, 1.82) is 0 Å². The first-order chi connectivity index (χ1) is 2.27. The first-order valence-corrected chi connectivity index (χ1v) is 2.16. The second-order valence-corrected chi connectivity index (χ2v) is 1.36. The summed E-state index contributed by atoms with van der Waals surface area (Å²) in [6.07, 6.45) is 0. The van der Waals surface area contributed by atoms with Crippen molar-refractivity contribution in [2.75, 3.05) is 7.05 Å². The lowest BCUT2D eigenvalue weighted by Crippen LogP contribution is -2.07. The van der Waals surface area contributed by atoms with E-state index < -0.39 is 11.3 Å². The molecule has 0 bridgehead atoms. The zero-order valence-corrected chi connectivity index (χ0v) is 3.58. The Kier molecular flexibility index (Phi) is 2.35. The Bertz CT molecular complexity index is 44.9. The van der Waals surface area contributed by atoms with Gasteiger partial charge in [-0.2, -0.15) is 0 Å². The molecule has 0 aromatic rings. The Morgan fingerprint density at radius 2 is 2.20 bits per heavy atom. The Balaban J connectivity index is 2.85. The number of nitrogens with one attached hydrogen (secondary N) is 1. The molecule has 3 nitrogen and oxygen atoms in total. The Hall–Kier alpha value is 0.0700. The van der Waals surface area contributed by atoms with Crippen LogP contribution in [0.2, 0.25) is 0 Å². The maximum Gasteiger partial charge on any atom is 0.231 e. The maximum atomic E-state index is 9.37. The predicted molar refractivity (Wildman–Crippen MR) is 19.8 cm³/mol. The monoisotopic (exact) mass is 95.0 g/mol. The van der Waals surface area contributed by atoms with Crippen LogP contribution in [0.25, 0.3) is 0 Å². The van der Waals surface area contributed by atoms with Crippen LogP contribution in [0.15, 0.2) is 0 Å². The standard InChI is InChI=1S/CH5NO2S/c1-2-5(3)4/h2H,1H3,(H,3,4). The molecule has 0 heterocycles. The zero-order valence-electron chi connectivity index (χ0n) is 2.76. The molecule has 4 heteroatoms. The van der Waals surface area contributed by atoms with Crippen molar-refractivity contribution in [1.82, 2.24) is 4.72 Å². The Morgan fingerprint density at radius 1 is 2.00 bits per heavy atom. The predicted octanol–water partition coefficient (Wildman–Crippen LogP) is -0.657. The van der Waals surface area contributed by atoms with Crippen molar-refractivity contribution >= 4 is 11.3 Å². The van der Waals surface area contributed by atoms with Crippen LogP contribution < -0.4 is 4.72 Å². The van der Waals surface area contributed by atoms with Crippen molar-refractivity contribution in [2.45, 2.75) is 0 Å². The minimum Gasteiger partial charge on any atom is -0.294 e. The summed E-state index contributed by atoms with van der Waals surface area (Å²) >= 11 is -1.82. The molecule has 0 aliphatic heterocycles. The third kappa shape index (κ3) is 4.07. The van der Waals surface area contributed by atoms with Crippen LogP contribution in [-0.2, 0) is 11.3 Å². The summed E-state index contributed by atoms with van der Waals surface area (Å²) in [5.41, 5.74) is 0. The first kappa shape index (κ1) is 5.07. The molecule has 0 saturated heterocycles. The molecular weight excluding hydrogens is 90.1 g/mol. The van der Waals surface area contributed by atoms with E-state index in [1.54, 1.807) is 0 Å². The number of hydrogen-bond donors (Lipinski definition) is 2. The molecule has 0 fully saturated rings. The van der Waals surface area contributed by atoms with Gasteiger partial charge in [-0.3, -0.25) is 4.55 Å². The summed E-state index contributed by atoms with van der Waals surface area (Å²) in [4.78, 5) is 0. The van der Waals surface area contributed by atoms with Crippen molar-refractivity contribution in [2.24, 2.45) is 0 Å². The van der Waals surface area contributed by atoms with Gasteiger partial charge in [0.05, 0.1) is 0 Å². The summed E-state index contributed by atoms with van der Waals surface area (Å²) < 4.78 is 19.1. The number of rotatable bonds is 1. The molecular formula is CH5NO2S. The fraction of sp³-hybridized carbons (Fsp3) is 1.00. The minimum absolute atomic E-state index is 1.40. The highest BCUT2D eigenvalue weighted by Gasteiger charge is 1.72. The van der Waals surface area contributed by atoms with Crippen LogP contribution in [0.4, 0.5) is 0 Å². The van der Waals surface area contributed by atoms with Crippen LogP contribution >= 0.6 is 0 Å². The SMILES string of the molecule is CNS(=O)O. The molecule has 0 aromatic carbocycles. The molecule has 32 valence electrons. The van der Waals surface area contributed by atoms with Gasteiger partial charge in [-0.05, 0) is 7.05 Å². The highest BCUT2D eigenvalue weighted by molar-refractivity contribution is 7.77. The van der Waals surface area contributed by atoms with E-state index in [2.05, 4.69) is 4.72 Å². The highest BCUT2D eigenvalue weighted by Crippen LogP contribution is 1.47. The number of hydrogen-bond acceptors (Lipinski definition) is 1. The van der Waals surface area contributed by atoms with E-state index >= 15 is 0 Å². The fourth-order valence-corrected chi connectivity index (χ4v) is 0. The zero-order chi connectivity index (χ0) is 4.28. The molecule has 2 N–H and O–H groups in total. The molecule has 0 spiro atoms. The van der Waals surface area contributed by atoms with Gasteiger partial charge in [0.2, 0.25) is 11.3 Å². The average Bonchev–Trinajstić information content (AvgIpc) is 1.38. The Labute approximate surface area is 32.8 Å². The molecule has 5 heavy (non-hydrogen) atoms. The van der Waals surface area contributed by atoms with E-state index in [4.69, 9.17) is 4.55 Å². The lowest BCUT2D eigenvalue weighted by molar-refractivity contribution is 0.555. The van der Waals surface area contributed by atoms with Crippen molar-refractivity contribution in [3.63, 3.8) is 0 Å². The van der Waals surface area contributed by atoms with E-state index in [9.17, 15) is 4.21 Å². The molecule has 0 saturated carbocycles. The van der Waals surface area contributed by atoms with Gasteiger partial charge in [-0.1, -0.05) is 0 Å². The van der Waals surface area contributed by atoms with Crippen molar-refractivity contribution in [3.05, 3.63) is 0 Å². The van der Waals surface area contributed by atoms with Crippen molar-refractivity contribution in [3.8, 4) is 0 Å². The minimum atomic E-state index is -1.82. The topological polar surface area (TPSA) is 49.3 Å². The summed E-state index contributed by atoms with van der Waals surface area (Å²) in [7, 11) is 1.40. The third-order valence-corrected chi connectivity index (χ3v) is 0.524. The summed E-state index contributed by atoms with van der Waals surface area (Å²) in [5, 5.41) is 0. The maximum absolute atomic E-state index is 9.37. The van der Waals surface area contributed by atoms with E-state index in [0.29, 0.717) is 0 Å². The van der Waals surface area contributed by atoms with E-state index in [1.165, 1.54) is 7.05 Å². The van der Waals surface area contributed by atoms with Gasteiger partial charge in [0.15, 0.2) is 0 Å². The summed E-state index contributed by atoms with van der Waals surface area (Å²) in [6, 6.07) is 0. The summed E-state index contributed by atoms with van der Waals surface area (Å²) in [5.74, 6) is 0. The van der Waals surface area contributed by atoms with Gasteiger partial charge in [0.1, 0.15) is 0 Å². The van der Waals surface area contributed by atoms with Gasteiger partial charge >= 0.3 is 0 Å². The molecule has 0 rings (SSSR count).